The van der Waals surface area contributed by atoms with Crippen LogP contribution in [0.3, 0.4) is 0 Å². The summed E-state index contributed by atoms with van der Waals surface area (Å²) in [6.07, 6.45) is 0. The molecule has 0 fully saturated rings. The van der Waals surface area contributed by atoms with Gasteiger partial charge in [0.15, 0.2) is 0 Å². The molecule has 0 atom stereocenters. The molecule has 0 saturated carbocycles. The number of fused-ring (bicyclic) bond motifs is 7. The lowest BCUT2D eigenvalue weighted by atomic mass is 9.33. The molecule has 1 aromatic heterocycles. The van der Waals surface area contributed by atoms with Crippen molar-refractivity contribution >= 4 is 79.2 Å². The first kappa shape index (κ1) is 47.4. The molecule has 10 aromatic rings. The maximum atomic E-state index is 6.58. The Morgan fingerprint density at radius 2 is 0.838 bits per heavy atom. The molecule has 0 saturated heterocycles. The lowest BCUT2D eigenvalue weighted by Crippen LogP contribution is -2.61. The molecular formula is C70H67BN2O. The minimum absolute atomic E-state index is 0.0136. The molecule has 74 heavy (non-hydrogen) atoms. The second-order valence-electron chi connectivity index (χ2n) is 25.1. The highest BCUT2D eigenvalue weighted by molar-refractivity contribution is 7.00. The largest absolute Gasteiger partial charge is 0.455 e. The third kappa shape index (κ3) is 7.97. The zero-order valence-corrected chi connectivity index (χ0v) is 45.3. The maximum absolute atomic E-state index is 6.58. The summed E-state index contributed by atoms with van der Waals surface area (Å²) >= 11 is 0. The fraction of sp³-hybridized carbons (Fsp3) is 0.229. The molecule has 0 spiro atoms. The Hall–Kier alpha value is -7.56. The lowest BCUT2D eigenvalue weighted by Gasteiger charge is -2.46. The van der Waals surface area contributed by atoms with Crippen molar-refractivity contribution in [2.75, 3.05) is 9.80 Å². The Balaban J connectivity index is 1.12. The van der Waals surface area contributed by atoms with Gasteiger partial charge in [-0.05, 0) is 137 Å². The summed E-state index contributed by atoms with van der Waals surface area (Å²) < 4.78 is 6.58. The first-order valence-corrected chi connectivity index (χ1v) is 26.6. The molecule has 0 radical (unpaired) electrons. The van der Waals surface area contributed by atoms with Crippen molar-refractivity contribution in [3.63, 3.8) is 0 Å². The Bertz CT molecular complexity index is 3810. The van der Waals surface area contributed by atoms with Crippen molar-refractivity contribution in [2.45, 2.75) is 105 Å². The summed E-state index contributed by atoms with van der Waals surface area (Å²) in [6, 6.07) is 71.2. The van der Waals surface area contributed by atoms with Crippen molar-refractivity contribution in [2.24, 2.45) is 0 Å². The van der Waals surface area contributed by atoms with E-state index in [1.807, 2.05) is 6.07 Å². The number of para-hydroxylation sites is 2. The van der Waals surface area contributed by atoms with Crippen LogP contribution in [0.1, 0.15) is 105 Å². The van der Waals surface area contributed by atoms with Crippen molar-refractivity contribution < 1.29 is 4.42 Å². The predicted octanol–water partition coefficient (Wildman–Crippen LogP) is 17.9. The zero-order chi connectivity index (χ0) is 51.6. The van der Waals surface area contributed by atoms with E-state index in [9.17, 15) is 0 Å². The smallest absolute Gasteiger partial charge is 0.252 e. The highest BCUT2D eigenvalue weighted by atomic mass is 16.3. The van der Waals surface area contributed by atoms with Gasteiger partial charge >= 0.3 is 0 Å². The number of anilines is 6. The summed E-state index contributed by atoms with van der Waals surface area (Å²) in [5.74, 6) is 0. The van der Waals surface area contributed by atoms with E-state index in [0.29, 0.717) is 0 Å². The van der Waals surface area contributed by atoms with Crippen molar-refractivity contribution in [1.82, 2.24) is 0 Å². The number of furan rings is 1. The summed E-state index contributed by atoms with van der Waals surface area (Å²) in [7, 11) is 0. The number of hydrogen-bond donors (Lipinski definition) is 0. The standard InChI is InChI=1S/C70H67BN2O/c1-67(2,3)48-30-25-44(26-31-48)47-29-38-59(56(39-47)45-19-14-13-15-20-45)73-61-41-50(69(7,8)9)33-37-58(61)71-57-36-32-49(68(4,5)6)40-60(57)72(62-42-51(70(10,11)12)43-63(73)65(62)71)52-34-27-46(28-35-52)53-22-18-23-55-54-21-16-17-24-64(54)74-66(53)55/h13-43H,1-12H3. The van der Waals surface area contributed by atoms with Crippen LogP contribution in [-0.2, 0) is 21.7 Å². The van der Waals surface area contributed by atoms with Gasteiger partial charge < -0.3 is 14.2 Å². The average molecular weight is 963 g/mol. The first-order chi connectivity index (χ1) is 35.2. The number of rotatable bonds is 5. The second-order valence-corrected chi connectivity index (χ2v) is 25.1. The molecule has 4 heteroatoms. The molecule has 0 unspecified atom stereocenters. The van der Waals surface area contributed by atoms with Gasteiger partial charge in [0.1, 0.15) is 11.2 Å². The Labute approximate surface area is 439 Å². The highest BCUT2D eigenvalue weighted by Gasteiger charge is 2.45. The summed E-state index contributed by atoms with van der Waals surface area (Å²) in [6.45, 7) is 27.9. The molecule has 366 valence electrons. The molecule has 2 aliphatic heterocycles. The van der Waals surface area contributed by atoms with Gasteiger partial charge in [-0.3, -0.25) is 0 Å². The van der Waals surface area contributed by atoms with Gasteiger partial charge in [0.2, 0.25) is 0 Å². The van der Waals surface area contributed by atoms with Gasteiger partial charge in [-0.2, -0.15) is 0 Å². The molecule has 0 bridgehead atoms. The third-order valence-corrected chi connectivity index (χ3v) is 15.9. The summed E-state index contributed by atoms with van der Waals surface area (Å²) in [5, 5.41) is 2.28. The van der Waals surface area contributed by atoms with E-state index in [1.165, 1.54) is 83.6 Å². The van der Waals surface area contributed by atoms with Gasteiger partial charge in [0.25, 0.3) is 6.71 Å². The molecule has 0 amide bonds. The van der Waals surface area contributed by atoms with Gasteiger partial charge in [-0.25, -0.2) is 0 Å². The van der Waals surface area contributed by atoms with E-state index < -0.39 is 0 Å². The van der Waals surface area contributed by atoms with Gasteiger partial charge in [0, 0.05) is 50.3 Å². The van der Waals surface area contributed by atoms with E-state index in [-0.39, 0.29) is 28.4 Å². The molecule has 9 aromatic carbocycles. The van der Waals surface area contributed by atoms with Gasteiger partial charge in [-0.15, -0.1) is 0 Å². The van der Waals surface area contributed by atoms with Crippen LogP contribution in [0.2, 0.25) is 0 Å². The highest BCUT2D eigenvalue weighted by Crippen LogP contribution is 2.50. The van der Waals surface area contributed by atoms with E-state index in [1.54, 1.807) is 0 Å². The Morgan fingerprint density at radius 3 is 1.46 bits per heavy atom. The van der Waals surface area contributed by atoms with Crippen LogP contribution >= 0.6 is 0 Å². The Morgan fingerprint density at radius 1 is 0.338 bits per heavy atom. The normalized spacial score (nSPS) is 13.6. The van der Waals surface area contributed by atoms with Gasteiger partial charge in [0.05, 0.1) is 5.69 Å². The van der Waals surface area contributed by atoms with Crippen LogP contribution in [-0.4, -0.2) is 6.71 Å². The van der Waals surface area contributed by atoms with Crippen molar-refractivity contribution in [3.05, 3.63) is 210 Å². The predicted molar refractivity (Wildman–Crippen MR) is 319 cm³/mol. The quantitative estimate of drug-likeness (QED) is 0.160. The minimum Gasteiger partial charge on any atom is -0.455 e. The van der Waals surface area contributed by atoms with Crippen molar-refractivity contribution in [3.8, 4) is 33.4 Å². The van der Waals surface area contributed by atoms with E-state index >= 15 is 0 Å². The first-order valence-electron chi connectivity index (χ1n) is 26.6. The second kappa shape index (κ2) is 17.0. The number of hydrogen-bond acceptors (Lipinski definition) is 3. The molecule has 0 N–H and O–H groups in total. The minimum atomic E-state index is -0.167. The third-order valence-electron chi connectivity index (χ3n) is 15.9. The van der Waals surface area contributed by atoms with E-state index in [0.717, 1.165) is 44.4 Å². The van der Waals surface area contributed by atoms with Crippen LogP contribution in [0.4, 0.5) is 34.1 Å². The topological polar surface area (TPSA) is 19.6 Å². The monoisotopic (exact) mass is 963 g/mol. The molecular weight excluding hydrogens is 896 g/mol. The number of nitrogens with zero attached hydrogens (tertiary/aromatic N) is 2. The van der Waals surface area contributed by atoms with Crippen LogP contribution < -0.4 is 26.2 Å². The fourth-order valence-electron chi connectivity index (χ4n) is 11.6. The molecule has 3 heterocycles. The van der Waals surface area contributed by atoms with E-state index in [4.69, 9.17) is 4.42 Å². The molecule has 12 rings (SSSR count). The lowest BCUT2D eigenvalue weighted by molar-refractivity contribution is 0.590. The zero-order valence-electron chi connectivity index (χ0n) is 45.3. The SMILES string of the molecule is CC(C)(C)c1ccc(-c2ccc(N3c4cc(C(C)(C)C)ccc4B4c5ccc(C(C)(C)C)cc5N(c5ccc(-c6cccc7c6oc6ccccc67)cc5)c5cc(C(C)(C)C)cc3c54)c(-c3ccccc3)c2)cc1. The summed E-state index contributed by atoms with van der Waals surface area (Å²) in [5.41, 5.74) is 25.0. The van der Waals surface area contributed by atoms with Crippen molar-refractivity contribution in [1.29, 1.82) is 0 Å². The summed E-state index contributed by atoms with van der Waals surface area (Å²) in [4.78, 5) is 5.21. The Kier molecular flexibility index (Phi) is 10.9. The molecule has 3 nitrogen and oxygen atoms in total. The number of benzene rings is 9. The van der Waals surface area contributed by atoms with E-state index in [2.05, 4.69) is 275 Å². The van der Waals surface area contributed by atoms with Crippen LogP contribution in [0.5, 0.6) is 0 Å². The molecule has 2 aliphatic rings. The molecule has 0 aliphatic carbocycles. The van der Waals surface area contributed by atoms with Crippen LogP contribution in [0.25, 0.3) is 55.3 Å². The fourth-order valence-corrected chi connectivity index (χ4v) is 11.6. The van der Waals surface area contributed by atoms with Crippen LogP contribution in [0, 0.1) is 0 Å². The van der Waals surface area contributed by atoms with Crippen LogP contribution in [0.15, 0.2) is 192 Å². The average Bonchev–Trinajstić information content (AvgIpc) is 3.77. The van der Waals surface area contributed by atoms with Gasteiger partial charge in [-0.1, -0.05) is 217 Å². The maximum Gasteiger partial charge on any atom is 0.252 e.